The number of benzene rings is 1. The van der Waals surface area contributed by atoms with Crippen molar-refractivity contribution in [1.29, 1.82) is 0 Å². The van der Waals surface area contributed by atoms with Crippen LogP contribution in [0.2, 0.25) is 0 Å². The second kappa shape index (κ2) is 10.4. The molecule has 1 aliphatic heterocycles. The highest BCUT2D eigenvalue weighted by atomic mass is 127. The molecule has 3 rings (SSSR count). The predicted molar refractivity (Wildman–Crippen MR) is 125 cm³/mol. The molecule has 152 valence electrons. The topological polar surface area (TPSA) is 48.9 Å². The van der Waals surface area contributed by atoms with Crippen LogP contribution in [0.25, 0.3) is 0 Å². The van der Waals surface area contributed by atoms with Gasteiger partial charge >= 0.3 is 0 Å². The molecule has 0 spiro atoms. The third kappa shape index (κ3) is 5.65. The van der Waals surface area contributed by atoms with Crippen molar-refractivity contribution in [1.82, 2.24) is 10.6 Å². The van der Waals surface area contributed by atoms with Crippen molar-refractivity contribution in [2.24, 2.45) is 16.3 Å². The fourth-order valence-electron chi connectivity index (χ4n) is 4.11. The van der Waals surface area contributed by atoms with Gasteiger partial charge in [0.1, 0.15) is 5.75 Å². The maximum atomic E-state index is 5.35. The molecule has 1 saturated carbocycles. The summed E-state index contributed by atoms with van der Waals surface area (Å²) in [5, 5.41) is 7.09. The zero-order valence-corrected chi connectivity index (χ0v) is 19.3. The summed E-state index contributed by atoms with van der Waals surface area (Å²) < 4.78 is 5.35. The summed E-state index contributed by atoms with van der Waals surface area (Å²) in [7, 11) is 3.59. The average molecular weight is 486 g/mol. The standard InChI is InChI=1S/C21H34N4O.HI/c1-4-21(10-6-11-21)16-24-20(22-2)23-14-17-9-12-25(15-17)18-7-5-8-19(13-18)26-3;/h5,7-8,13,17H,4,6,9-12,14-16H2,1-3H3,(H2,22,23,24);1H. The molecule has 0 radical (unpaired) electrons. The molecule has 1 heterocycles. The third-order valence-electron chi connectivity index (χ3n) is 6.28. The zero-order valence-electron chi connectivity index (χ0n) is 17.0. The van der Waals surface area contributed by atoms with E-state index in [0.29, 0.717) is 11.3 Å². The summed E-state index contributed by atoms with van der Waals surface area (Å²) in [6, 6.07) is 8.36. The monoisotopic (exact) mass is 486 g/mol. The van der Waals surface area contributed by atoms with Gasteiger partial charge in [-0.25, -0.2) is 0 Å². The van der Waals surface area contributed by atoms with Crippen LogP contribution in [0.3, 0.4) is 0 Å². The van der Waals surface area contributed by atoms with Gasteiger partial charge in [0.05, 0.1) is 7.11 Å². The number of nitrogens with zero attached hydrogens (tertiary/aromatic N) is 2. The van der Waals surface area contributed by atoms with Crippen LogP contribution in [0.15, 0.2) is 29.3 Å². The Morgan fingerprint density at radius 1 is 1.33 bits per heavy atom. The summed E-state index contributed by atoms with van der Waals surface area (Å²) in [5.74, 6) is 2.52. The Bertz CT molecular complexity index is 612. The van der Waals surface area contributed by atoms with Gasteiger partial charge in [0.2, 0.25) is 0 Å². The summed E-state index contributed by atoms with van der Waals surface area (Å²) in [4.78, 5) is 6.86. The molecular formula is C21H35IN4O. The lowest BCUT2D eigenvalue weighted by Crippen LogP contribution is -2.47. The van der Waals surface area contributed by atoms with Crippen molar-refractivity contribution in [3.05, 3.63) is 24.3 Å². The second-order valence-electron chi connectivity index (χ2n) is 7.82. The second-order valence-corrected chi connectivity index (χ2v) is 7.82. The summed E-state index contributed by atoms with van der Waals surface area (Å²) in [6.45, 7) is 6.51. The molecule has 1 aromatic carbocycles. The number of methoxy groups -OCH3 is 1. The molecule has 1 aromatic rings. The minimum absolute atomic E-state index is 0. The van der Waals surface area contributed by atoms with Gasteiger partial charge in [-0.15, -0.1) is 24.0 Å². The summed E-state index contributed by atoms with van der Waals surface area (Å²) >= 11 is 0. The SMILES string of the molecule is CCC1(CNC(=NC)NCC2CCN(c3cccc(OC)c3)C2)CCC1.I. The van der Waals surface area contributed by atoms with E-state index in [0.717, 1.165) is 37.9 Å². The maximum Gasteiger partial charge on any atom is 0.191 e. The van der Waals surface area contributed by atoms with E-state index in [1.807, 2.05) is 13.1 Å². The molecule has 2 fully saturated rings. The quantitative estimate of drug-likeness (QED) is 0.349. The highest BCUT2D eigenvalue weighted by Gasteiger charge is 2.35. The van der Waals surface area contributed by atoms with Crippen LogP contribution in [0.4, 0.5) is 5.69 Å². The number of nitrogens with one attached hydrogen (secondary N) is 2. The van der Waals surface area contributed by atoms with E-state index in [2.05, 4.69) is 45.6 Å². The first-order valence-electron chi connectivity index (χ1n) is 10.0. The van der Waals surface area contributed by atoms with Gasteiger partial charge < -0.3 is 20.3 Å². The first-order valence-corrected chi connectivity index (χ1v) is 10.0. The van der Waals surface area contributed by atoms with Gasteiger partial charge in [0.25, 0.3) is 0 Å². The summed E-state index contributed by atoms with van der Waals surface area (Å²) in [6.07, 6.45) is 6.55. The van der Waals surface area contributed by atoms with Crippen molar-refractivity contribution in [2.75, 3.05) is 45.2 Å². The molecule has 0 amide bonds. The molecule has 5 nitrogen and oxygen atoms in total. The van der Waals surface area contributed by atoms with E-state index in [1.165, 1.54) is 37.8 Å². The molecule has 1 aliphatic carbocycles. The first kappa shape index (κ1) is 22.1. The average Bonchev–Trinajstić information content (AvgIpc) is 3.12. The fourth-order valence-corrected chi connectivity index (χ4v) is 4.11. The Morgan fingerprint density at radius 3 is 2.78 bits per heavy atom. The Morgan fingerprint density at radius 2 is 2.15 bits per heavy atom. The van der Waals surface area contributed by atoms with E-state index >= 15 is 0 Å². The molecule has 0 aromatic heterocycles. The molecule has 27 heavy (non-hydrogen) atoms. The predicted octanol–water partition coefficient (Wildman–Crippen LogP) is 3.88. The molecule has 1 unspecified atom stereocenters. The number of guanidine groups is 1. The van der Waals surface area contributed by atoms with Gasteiger partial charge in [0, 0.05) is 45.0 Å². The number of aliphatic imine (C=N–C) groups is 1. The van der Waals surface area contributed by atoms with E-state index in [9.17, 15) is 0 Å². The van der Waals surface area contributed by atoms with Crippen molar-refractivity contribution < 1.29 is 4.74 Å². The van der Waals surface area contributed by atoms with Crippen molar-refractivity contribution in [3.8, 4) is 5.75 Å². The Kier molecular flexibility index (Phi) is 8.51. The van der Waals surface area contributed by atoms with Crippen molar-refractivity contribution in [2.45, 2.75) is 39.0 Å². The van der Waals surface area contributed by atoms with Crippen LogP contribution in [-0.4, -0.2) is 46.3 Å². The van der Waals surface area contributed by atoms with Crippen LogP contribution in [0.1, 0.15) is 39.0 Å². The van der Waals surface area contributed by atoms with Crippen molar-refractivity contribution >= 4 is 35.6 Å². The van der Waals surface area contributed by atoms with Crippen LogP contribution < -0.4 is 20.3 Å². The van der Waals surface area contributed by atoms with Crippen LogP contribution in [0.5, 0.6) is 5.75 Å². The highest BCUT2D eigenvalue weighted by Crippen LogP contribution is 2.43. The van der Waals surface area contributed by atoms with Gasteiger partial charge in [0.15, 0.2) is 5.96 Å². The molecule has 2 N–H and O–H groups in total. The minimum Gasteiger partial charge on any atom is -0.497 e. The Hall–Kier alpha value is -1.18. The van der Waals surface area contributed by atoms with Crippen molar-refractivity contribution in [3.63, 3.8) is 0 Å². The maximum absolute atomic E-state index is 5.35. The lowest BCUT2D eigenvalue weighted by molar-refractivity contribution is 0.131. The van der Waals surface area contributed by atoms with E-state index in [1.54, 1.807) is 7.11 Å². The van der Waals surface area contributed by atoms with E-state index < -0.39 is 0 Å². The molecule has 1 atom stereocenters. The lowest BCUT2D eigenvalue weighted by Gasteiger charge is -2.41. The largest absolute Gasteiger partial charge is 0.497 e. The van der Waals surface area contributed by atoms with Crippen LogP contribution >= 0.6 is 24.0 Å². The Balaban J connectivity index is 0.00000261. The Labute approximate surface area is 181 Å². The summed E-state index contributed by atoms with van der Waals surface area (Å²) in [5.41, 5.74) is 1.76. The number of ether oxygens (including phenoxy) is 1. The molecule has 2 aliphatic rings. The molecule has 6 heteroatoms. The van der Waals surface area contributed by atoms with Gasteiger partial charge in [-0.05, 0) is 49.1 Å². The van der Waals surface area contributed by atoms with E-state index in [4.69, 9.17) is 4.74 Å². The van der Waals surface area contributed by atoms with Crippen LogP contribution in [-0.2, 0) is 0 Å². The first-order chi connectivity index (χ1) is 12.7. The molecular weight excluding hydrogens is 451 g/mol. The van der Waals surface area contributed by atoms with Crippen LogP contribution in [0, 0.1) is 11.3 Å². The number of hydrogen-bond acceptors (Lipinski definition) is 3. The third-order valence-corrected chi connectivity index (χ3v) is 6.28. The minimum atomic E-state index is 0. The fraction of sp³-hybridized carbons (Fsp3) is 0.667. The number of hydrogen-bond donors (Lipinski definition) is 2. The number of rotatable bonds is 7. The van der Waals surface area contributed by atoms with Gasteiger partial charge in [-0.1, -0.05) is 19.4 Å². The zero-order chi connectivity index (χ0) is 18.4. The lowest BCUT2D eigenvalue weighted by atomic mass is 9.67. The number of anilines is 1. The molecule has 1 saturated heterocycles. The van der Waals surface area contributed by atoms with E-state index in [-0.39, 0.29) is 24.0 Å². The highest BCUT2D eigenvalue weighted by molar-refractivity contribution is 14.0. The van der Waals surface area contributed by atoms with Gasteiger partial charge in [-0.2, -0.15) is 0 Å². The molecule has 0 bridgehead atoms. The number of halogens is 1. The smallest absolute Gasteiger partial charge is 0.191 e. The van der Waals surface area contributed by atoms with Gasteiger partial charge in [-0.3, -0.25) is 4.99 Å². The normalized spacial score (nSPS) is 21.2.